The lowest BCUT2D eigenvalue weighted by atomic mass is 9.93. The van der Waals surface area contributed by atoms with Crippen molar-refractivity contribution in [3.05, 3.63) is 0 Å². The van der Waals surface area contributed by atoms with Crippen LogP contribution in [0.1, 0.15) is 352 Å². The molecule has 0 unspecified atom stereocenters. The lowest BCUT2D eigenvalue weighted by molar-refractivity contribution is 0.404. The average molecular weight is 794 g/mol. The quantitative estimate of drug-likeness (QED) is 0.229. The fourth-order valence-corrected chi connectivity index (χ4v) is 6.15. The Hall–Kier alpha value is 0. The SMILES string of the molecule is C.C.C1CCCCCCC1.C1CCCCCCC1.CC.CC.CC.CC.CC.CC.CC.CC.CC1CCCCCCC1.CC1CCCCCCC1.CCC. The molecule has 0 nitrogen and oxygen atoms in total. The summed E-state index contributed by atoms with van der Waals surface area (Å²) in [6.45, 7) is 41.0. The summed E-state index contributed by atoms with van der Waals surface area (Å²) in [5, 5.41) is 0. The number of hydrogen-bond acceptors (Lipinski definition) is 0. The van der Waals surface area contributed by atoms with Gasteiger partial charge in [-0.1, -0.05) is 352 Å². The van der Waals surface area contributed by atoms with E-state index < -0.39 is 0 Å². The van der Waals surface area contributed by atoms with Crippen molar-refractivity contribution in [3.63, 3.8) is 0 Å². The van der Waals surface area contributed by atoms with E-state index in [1.807, 2.05) is 111 Å². The van der Waals surface area contributed by atoms with Gasteiger partial charge in [-0.2, -0.15) is 0 Å². The van der Waals surface area contributed by atoms with Crippen LogP contribution in [0.3, 0.4) is 0 Å². The normalized spacial score (nSPS) is 16.4. The van der Waals surface area contributed by atoms with Gasteiger partial charge in [0.15, 0.2) is 0 Å². The van der Waals surface area contributed by atoms with Crippen LogP contribution in [0, 0.1) is 11.8 Å². The molecular weight excluding hydrogens is 661 g/mol. The molecule has 0 heterocycles. The molecule has 0 aromatic carbocycles. The third-order valence-corrected chi connectivity index (χ3v) is 8.79. The van der Waals surface area contributed by atoms with Gasteiger partial charge >= 0.3 is 0 Å². The zero-order valence-corrected chi connectivity index (χ0v) is 43.1. The van der Waals surface area contributed by atoms with Crippen LogP contribution in [0.15, 0.2) is 0 Å². The van der Waals surface area contributed by atoms with Crippen LogP contribution in [0.2, 0.25) is 0 Å². The molecule has 0 spiro atoms. The van der Waals surface area contributed by atoms with Crippen LogP contribution in [0.5, 0.6) is 0 Å². The first-order chi connectivity index (χ1) is 26.2. The maximum atomic E-state index is 2.39. The molecular formula is C55H132. The first kappa shape index (κ1) is 82.8. The fourth-order valence-electron chi connectivity index (χ4n) is 6.15. The van der Waals surface area contributed by atoms with Crippen molar-refractivity contribution in [2.24, 2.45) is 11.8 Å². The van der Waals surface area contributed by atoms with Gasteiger partial charge in [0, 0.05) is 0 Å². The summed E-state index contributed by atoms with van der Waals surface area (Å²) in [5.74, 6) is 2.04. The van der Waals surface area contributed by atoms with Crippen molar-refractivity contribution in [2.45, 2.75) is 352 Å². The Labute approximate surface area is 363 Å². The van der Waals surface area contributed by atoms with E-state index in [2.05, 4.69) is 27.7 Å². The van der Waals surface area contributed by atoms with E-state index in [1.54, 1.807) is 0 Å². The highest BCUT2D eigenvalue weighted by molar-refractivity contribution is 4.59. The largest absolute Gasteiger partial charge is 0.0776 e. The predicted molar refractivity (Wildman–Crippen MR) is 277 cm³/mol. The highest BCUT2D eigenvalue weighted by Crippen LogP contribution is 2.22. The minimum absolute atomic E-state index is 0. The van der Waals surface area contributed by atoms with Crippen molar-refractivity contribution in [1.29, 1.82) is 0 Å². The summed E-state index contributed by atoms with van der Waals surface area (Å²) in [5.41, 5.74) is 0. The molecule has 4 aliphatic rings. The average Bonchev–Trinajstić information content (AvgIpc) is 3.19. The van der Waals surface area contributed by atoms with Gasteiger partial charge in [0.2, 0.25) is 0 Å². The van der Waals surface area contributed by atoms with E-state index in [1.165, 1.54) is 199 Å². The van der Waals surface area contributed by atoms with E-state index >= 15 is 0 Å². The van der Waals surface area contributed by atoms with Gasteiger partial charge in [-0.3, -0.25) is 0 Å². The molecule has 0 saturated heterocycles. The molecule has 0 aromatic rings. The summed E-state index contributed by atoms with van der Waals surface area (Å²) < 4.78 is 0. The summed E-state index contributed by atoms with van der Waals surface area (Å²) >= 11 is 0. The Balaban J connectivity index is -0.0000000450. The minimum Gasteiger partial charge on any atom is -0.0776 e. The summed E-state index contributed by atoms with van der Waals surface area (Å²) in [4.78, 5) is 0. The van der Waals surface area contributed by atoms with Crippen LogP contribution in [-0.2, 0) is 0 Å². The zero-order valence-electron chi connectivity index (χ0n) is 43.1. The van der Waals surface area contributed by atoms with Crippen molar-refractivity contribution in [2.75, 3.05) is 0 Å². The molecule has 0 aromatic heterocycles. The molecule has 0 amide bonds. The van der Waals surface area contributed by atoms with Crippen LogP contribution >= 0.6 is 0 Å². The van der Waals surface area contributed by atoms with Crippen molar-refractivity contribution in [1.82, 2.24) is 0 Å². The predicted octanol–water partition coefficient (Wildman–Crippen LogP) is 23.9. The molecule has 4 saturated carbocycles. The first-order valence-electron chi connectivity index (χ1n) is 26.2. The third-order valence-electron chi connectivity index (χ3n) is 8.79. The Morgan fingerprint density at radius 3 is 0.382 bits per heavy atom. The molecule has 0 aliphatic heterocycles. The van der Waals surface area contributed by atoms with Gasteiger partial charge in [0.25, 0.3) is 0 Å². The molecule has 0 atom stereocenters. The lowest BCUT2D eigenvalue weighted by Gasteiger charge is -2.13. The number of rotatable bonds is 0. The Morgan fingerprint density at radius 1 is 0.218 bits per heavy atom. The second-order valence-corrected chi connectivity index (χ2v) is 13.3. The van der Waals surface area contributed by atoms with Crippen molar-refractivity contribution in [3.8, 4) is 0 Å². The van der Waals surface area contributed by atoms with Crippen LogP contribution in [0.4, 0.5) is 0 Å². The van der Waals surface area contributed by atoms with Gasteiger partial charge < -0.3 is 0 Å². The highest BCUT2D eigenvalue weighted by atomic mass is 14.1. The van der Waals surface area contributed by atoms with Crippen LogP contribution in [0.25, 0.3) is 0 Å². The monoisotopic (exact) mass is 793 g/mol. The lowest BCUT2D eigenvalue weighted by Crippen LogP contribution is -1.97. The van der Waals surface area contributed by atoms with E-state index in [9.17, 15) is 0 Å². The highest BCUT2D eigenvalue weighted by Gasteiger charge is 2.05. The van der Waals surface area contributed by atoms with E-state index in [-0.39, 0.29) is 14.9 Å². The third kappa shape index (κ3) is 113. The second-order valence-electron chi connectivity index (χ2n) is 13.3. The van der Waals surface area contributed by atoms with Gasteiger partial charge in [-0.05, 0) is 11.8 Å². The van der Waals surface area contributed by atoms with E-state index in [4.69, 9.17) is 0 Å². The molecule has 4 rings (SSSR count). The van der Waals surface area contributed by atoms with Gasteiger partial charge in [-0.15, -0.1) is 0 Å². The summed E-state index contributed by atoms with van der Waals surface area (Å²) in [6, 6.07) is 0. The first-order valence-corrected chi connectivity index (χ1v) is 26.2. The molecule has 4 aliphatic carbocycles. The smallest absolute Gasteiger partial charge is 0.0443 e. The van der Waals surface area contributed by atoms with Crippen molar-refractivity contribution < 1.29 is 0 Å². The van der Waals surface area contributed by atoms with E-state index in [0.29, 0.717) is 0 Å². The molecule has 4 fully saturated rings. The maximum Gasteiger partial charge on any atom is -0.0443 e. The molecule has 0 bridgehead atoms. The van der Waals surface area contributed by atoms with Gasteiger partial charge in [0.05, 0.1) is 0 Å². The van der Waals surface area contributed by atoms with Crippen LogP contribution in [-0.4, -0.2) is 0 Å². The Bertz CT molecular complexity index is 285. The number of hydrogen-bond donors (Lipinski definition) is 0. The van der Waals surface area contributed by atoms with Gasteiger partial charge in [0.1, 0.15) is 0 Å². The topological polar surface area (TPSA) is 0 Å². The molecule has 0 N–H and O–H groups in total. The Kier molecular flexibility index (Phi) is 167. The fraction of sp³-hybridized carbons (Fsp3) is 1.00. The molecule has 352 valence electrons. The summed E-state index contributed by atoms with van der Waals surface area (Å²) in [6.07, 6.45) is 46.1. The van der Waals surface area contributed by atoms with Gasteiger partial charge in [-0.25, -0.2) is 0 Å². The maximum absolute atomic E-state index is 2.39. The standard InChI is InChI=1S/2C9H18.2C8H16.C3H8.8C2H6.2CH4/c2*1-9-7-5-3-2-4-6-8-9;2*1-2-4-6-8-7-5-3-1;1-3-2;8*1-2;;/h2*9H,2-8H2,1H3;2*1-8H2;3H2,1-2H3;8*1-2H3;2*1H4. The molecule has 0 heteroatoms. The van der Waals surface area contributed by atoms with E-state index in [0.717, 1.165) is 11.8 Å². The van der Waals surface area contributed by atoms with Crippen LogP contribution < -0.4 is 0 Å². The zero-order chi connectivity index (χ0) is 43.1. The second kappa shape index (κ2) is 111. The Morgan fingerprint density at radius 2 is 0.291 bits per heavy atom. The molecule has 55 heavy (non-hydrogen) atoms. The summed E-state index contributed by atoms with van der Waals surface area (Å²) in [7, 11) is 0. The van der Waals surface area contributed by atoms with Crippen molar-refractivity contribution >= 4 is 0 Å². The minimum atomic E-state index is 0. The molecule has 0 radical (unpaired) electrons.